The molecule has 0 aliphatic heterocycles. The van der Waals surface area contributed by atoms with E-state index in [2.05, 4.69) is 57.8 Å². The Morgan fingerprint density at radius 1 is 0.966 bits per heavy atom. The third-order valence-corrected chi connectivity index (χ3v) is 5.90. The lowest BCUT2D eigenvalue weighted by molar-refractivity contribution is -0.384. The van der Waals surface area contributed by atoms with Crippen LogP contribution in [0.25, 0.3) is 0 Å². The van der Waals surface area contributed by atoms with E-state index in [-0.39, 0.29) is 22.2 Å². The van der Waals surface area contributed by atoms with E-state index in [1.54, 1.807) is 25.3 Å². The van der Waals surface area contributed by atoms with E-state index in [1.165, 1.54) is 6.07 Å². The maximum absolute atomic E-state index is 11.3. The lowest BCUT2D eigenvalue weighted by Gasteiger charge is -2.30. The number of para-hydroxylation sites is 1. The van der Waals surface area contributed by atoms with Crippen molar-refractivity contribution >= 4 is 17.1 Å². The molecule has 0 aromatic heterocycles. The second kappa shape index (κ2) is 8.72. The van der Waals surface area contributed by atoms with Crippen LogP contribution in [0.5, 0.6) is 5.75 Å². The number of methoxy groups -OCH3 is 1. The summed E-state index contributed by atoms with van der Waals surface area (Å²) in [5.41, 5.74) is 2.78. The SMILES string of the molecule is CCC(C)(C)c1cc(N=Nc2ccccc2[N+](=O)[O-])c(OC)c(C(C)(C)CC)c1. The molecular formula is C23H31N3O3. The number of nitrogens with zero attached hydrogens (tertiary/aromatic N) is 3. The summed E-state index contributed by atoms with van der Waals surface area (Å²) in [4.78, 5) is 10.8. The molecule has 29 heavy (non-hydrogen) atoms. The maximum atomic E-state index is 11.3. The average molecular weight is 398 g/mol. The number of hydrogen-bond donors (Lipinski definition) is 0. The molecule has 6 heteroatoms. The second-order valence-corrected chi connectivity index (χ2v) is 8.50. The molecule has 0 saturated heterocycles. The van der Waals surface area contributed by atoms with Gasteiger partial charge in [0, 0.05) is 11.6 Å². The number of rotatable bonds is 8. The van der Waals surface area contributed by atoms with Crippen LogP contribution in [0.15, 0.2) is 46.6 Å². The van der Waals surface area contributed by atoms with Crippen LogP contribution >= 0.6 is 0 Å². The Hall–Kier alpha value is -2.76. The minimum atomic E-state index is -0.451. The monoisotopic (exact) mass is 397 g/mol. The molecule has 0 bridgehead atoms. The first-order chi connectivity index (χ1) is 13.6. The fourth-order valence-corrected chi connectivity index (χ4v) is 3.00. The highest BCUT2D eigenvalue weighted by Crippen LogP contribution is 2.44. The van der Waals surface area contributed by atoms with Gasteiger partial charge in [0.2, 0.25) is 0 Å². The van der Waals surface area contributed by atoms with Crippen molar-refractivity contribution in [3.8, 4) is 5.75 Å². The Morgan fingerprint density at radius 2 is 1.55 bits per heavy atom. The number of nitro groups is 1. The van der Waals surface area contributed by atoms with Crippen LogP contribution in [-0.4, -0.2) is 12.0 Å². The topological polar surface area (TPSA) is 77.1 Å². The van der Waals surface area contributed by atoms with Crippen LogP contribution < -0.4 is 4.74 Å². The Morgan fingerprint density at radius 3 is 2.10 bits per heavy atom. The van der Waals surface area contributed by atoms with Crippen LogP contribution in [0.4, 0.5) is 17.1 Å². The highest BCUT2D eigenvalue weighted by atomic mass is 16.6. The van der Waals surface area contributed by atoms with Crippen molar-refractivity contribution in [1.29, 1.82) is 0 Å². The van der Waals surface area contributed by atoms with Crippen LogP contribution in [0, 0.1) is 10.1 Å². The predicted molar refractivity (Wildman–Crippen MR) is 117 cm³/mol. The number of nitro benzene ring substituents is 1. The molecule has 0 aliphatic rings. The molecule has 6 nitrogen and oxygen atoms in total. The molecule has 0 N–H and O–H groups in total. The third kappa shape index (κ3) is 4.81. The molecule has 0 fully saturated rings. The van der Waals surface area contributed by atoms with Gasteiger partial charge in [0.15, 0.2) is 5.69 Å². The molecule has 0 saturated carbocycles. The van der Waals surface area contributed by atoms with Crippen molar-refractivity contribution in [2.75, 3.05) is 7.11 Å². The summed E-state index contributed by atoms with van der Waals surface area (Å²) in [5, 5.41) is 19.9. The molecule has 2 rings (SSSR count). The van der Waals surface area contributed by atoms with E-state index in [4.69, 9.17) is 4.74 Å². The van der Waals surface area contributed by atoms with Crippen LogP contribution in [-0.2, 0) is 10.8 Å². The summed E-state index contributed by atoms with van der Waals surface area (Å²) in [5.74, 6) is 0.662. The molecule has 2 aromatic rings. The quantitative estimate of drug-likeness (QED) is 0.264. The number of azo groups is 1. The van der Waals surface area contributed by atoms with Gasteiger partial charge in [-0.1, -0.05) is 59.7 Å². The molecule has 0 heterocycles. The first-order valence-electron chi connectivity index (χ1n) is 9.95. The summed E-state index contributed by atoms with van der Waals surface area (Å²) < 4.78 is 5.74. The first-order valence-corrected chi connectivity index (χ1v) is 9.95. The van der Waals surface area contributed by atoms with E-state index in [0.717, 1.165) is 24.0 Å². The highest BCUT2D eigenvalue weighted by molar-refractivity contribution is 5.62. The minimum absolute atomic E-state index is 0.0478. The average Bonchev–Trinajstić information content (AvgIpc) is 2.71. The smallest absolute Gasteiger partial charge is 0.296 e. The fraction of sp³-hybridized carbons (Fsp3) is 0.478. The molecule has 0 radical (unpaired) electrons. The van der Waals surface area contributed by atoms with Crippen LogP contribution in [0.3, 0.4) is 0 Å². The van der Waals surface area contributed by atoms with Gasteiger partial charge in [-0.25, -0.2) is 0 Å². The zero-order valence-corrected chi connectivity index (χ0v) is 18.4. The lowest BCUT2D eigenvalue weighted by atomic mass is 9.76. The Kier molecular flexibility index (Phi) is 6.77. The number of benzene rings is 2. The molecule has 2 aromatic carbocycles. The van der Waals surface area contributed by atoms with Crippen molar-refractivity contribution in [2.45, 2.75) is 65.2 Å². The number of hydrogen-bond acceptors (Lipinski definition) is 5. The van der Waals surface area contributed by atoms with Gasteiger partial charge in [0.25, 0.3) is 5.69 Å². The maximum Gasteiger partial charge on any atom is 0.296 e. The van der Waals surface area contributed by atoms with Crippen LogP contribution in [0.2, 0.25) is 0 Å². The summed E-state index contributed by atoms with van der Waals surface area (Å²) in [6.45, 7) is 13.0. The Labute approximate surface area is 173 Å². The molecule has 0 amide bonds. The molecule has 0 spiro atoms. The second-order valence-electron chi connectivity index (χ2n) is 8.50. The normalized spacial score (nSPS) is 12.4. The highest BCUT2D eigenvalue weighted by Gasteiger charge is 2.29. The van der Waals surface area contributed by atoms with Gasteiger partial charge in [0.05, 0.1) is 12.0 Å². The summed E-state index contributed by atoms with van der Waals surface area (Å²) in [6.07, 6.45) is 1.90. The summed E-state index contributed by atoms with van der Waals surface area (Å²) in [6, 6.07) is 10.5. The molecule has 0 aliphatic carbocycles. The molecule has 0 unspecified atom stereocenters. The third-order valence-electron chi connectivity index (χ3n) is 5.90. The Bertz CT molecular complexity index is 918. The van der Waals surface area contributed by atoms with Crippen molar-refractivity contribution < 1.29 is 9.66 Å². The van der Waals surface area contributed by atoms with E-state index in [9.17, 15) is 10.1 Å². The lowest BCUT2D eigenvalue weighted by Crippen LogP contribution is -2.21. The summed E-state index contributed by atoms with van der Waals surface area (Å²) in [7, 11) is 1.62. The van der Waals surface area contributed by atoms with Gasteiger partial charge in [-0.05, 0) is 41.4 Å². The van der Waals surface area contributed by atoms with Gasteiger partial charge < -0.3 is 4.74 Å². The van der Waals surface area contributed by atoms with Gasteiger partial charge in [-0.2, -0.15) is 0 Å². The van der Waals surface area contributed by atoms with E-state index < -0.39 is 4.92 Å². The van der Waals surface area contributed by atoms with Crippen molar-refractivity contribution in [1.82, 2.24) is 0 Å². The van der Waals surface area contributed by atoms with Crippen molar-refractivity contribution in [3.05, 3.63) is 57.6 Å². The number of ether oxygens (including phenoxy) is 1. The van der Waals surface area contributed by atoms with Gasteiger partial charge >= 0.3 is 0 Å². The largest absolute Gasteiger partial charge is 0.494 e. The van der Waals surface area contributed by atoms with Gasteiger partial charge in [0.1, 0.15) is 11.4 Å². The standard InChI is InChI=1S/C23H31N3O3/c1-8-22(3,4)16-14-17(23(5,6)9-2)21(29-7)19(15-16)25-24-18-12-10-11-13-20(18)26(27)28/h10-15H,8-9H2,1-7H3. The zero-order valence-electron chi connectivity index (χ0n) is 18.4. The van der Waals surface area contributed by atoms with Crippen molar-refractivity contribution in [2.24, 2.45) is 10.2 Å². The van der Waals surface area contributed by atoms with Crippen LogP contribution in [0.1, 0.15) is 65.5 Å². The van der Waals surface area contributed by atoms with Gasteiger partial charge in [-0.3, -0.25) is 10.1 Å². The first kappa shape index (κ1) is 22.5. The van der Waals surface area contributed by atoms with Gasteiger partial charge in [-0.15, -0.1) is 10.2 Å². The summed E-state index contributed by atoms with van der Waals surface area (Å²) >= 11 is 0. The predicted octanol–water partition coefficient (Wildman–Crippen LogP) is 7.39. The Balaban J connectivity index is 2.71. The minimum Gasteiger partial charge on any atom is -0.494 e. The van der Waals surface area contributed by atoms with E-state index in [1.807, 2.05) is 6.07 Å². The van der Waals surface area contributed by atoms with Crippen molar-refractivity contribution in [3.63, 3.8) is 0 Å². The van der Waals surface area contributed by atoms with E-state index in [0.29, 0.717) is 11.4 Å². The zero-order chi connectivity index (χ0) is 21.8. The fourth-order valence-electron chi connectivity index (χ4n) is 3.00. The molecular weight excluding hydrogens is 366 g/mol. The molecule has 0 atom stereocenters. The molecule has 156 valence electrons. The van der Waals surface area contributed by atoms with E-state index >= 15 is 0 Å².